The van der Waals surface area contributed by atoms with E-state index in [2.05, 4.69) is 39.7 Å². The zero-order valence-electron chi connectivity index (χ0n) is 19.9. The maximum atomic E-state index is 13.3. The summed E-state index contributed by atoms with van der Waals surface area (Å²) in [7, 11) is 0. The average molecular weight is 525 g/mol. The maximum Gasteiger partial charge on any atom is 0.295 e. The van der Waals surface area contributed by atoms with Crippen molar-refractivity contribution in [1.29, 1.82) is 0 Å². The third-order valence-electron chi connectivity index (χ3n) is 6.59. The van der Waals surface area contributed by atoms with Crippen molar-refractivity contribution in [3.8, 4) is 0 Å². The number of aliphatic hydroxyl groups is 1. The summed E-state index contributed by atoms with van der Waals surface area (Å²) in [6.07, 6.45) is 1.87. The molecule has 1 amide bonds. The number of amides is 1. The number of pyridine rings is 1. The van der Waals surface area contributed by atoms with Gasteiger partial charge in [0.25, 0.3) is 11.7 Å². The van der Waals surface area contributed by atoms with Crippen LogP contribution in [0.4, 0.5) is 0 Å². The van der Waals surface area contributed by atoms with E-state index in [-0.39, 0.29) is 11.3 Å². The van der Waals surface area contributed by atoms with E-state index in [9.17, 15) is 14.7 Å². The molecule has 1 aliphatic heterocycles. The topological polar surface area (TPSA) is 78.2 Å². The Labute approximate surface area is 207 Å². The Morgan fingerprint density at radius 2 is 1.79 bits per heavy atom. The average Bonchev–Trinajstić information content (AvgIpc) is 3.30. The molecule has 0 spiro atoms. The summed E-state index contributed by atoms with van der Waals surface area (Å²) < 4.78 is 2.78. The number of fused-ring (bicyclic) bond motifs is 1. The van der Waals surface area contributed by atoms with Gasteiger partial charge in [-0.25, -0.2) is 4.98 Å². The molecule has 34 heavy (non-hydrogen) atoms. The molecular weight excluding hydrogens is 496 g/mol. The molecule has 0 radical (unpaired) electrons. The number of benzene rings is 1. The molecule has 0 aliphatic carbocycles. The molecule has 1 atom stereocenters. The molecule has 1 fully saturated rings. The van der Waals surface area contributed by atoms with Crippen LogP contribution in [0.5, 0.6) is 0 Å². The molecule has 0 saturated carbocycles. The highest BCUT2D eigenvalue weighted by Gasteiger charge is 2.46. The van der Waals surface area contributed by atoms with Gasteiger partial charge in [-0.05, 0) is 56.3 Å². The Kier molecular flexibility index (Phi) is 6.91. The first-order valence-corrected chi connectivity index (χ1v) is 12.3. The quantitative estimate of drug-likeness (QED) is 0.280. The molecule has 1 unspecified atom stereocenters. The number of carbonyl (C=O) groups is 2. The number of hydrogen-bond donors (Lipinski definition) is 1. The summed E-state index contributed by atoms with van der Waals surface area (Å²) >= 11 is 3.45. The zero-order valence-corrected chi connectivity index (χ0v) is 21.5. The minimum atomic E-state index is -0.686. The van der Waals surface area contributed by atoms with E-state index in [1.165, 1.54) is 0 Å². The summed E-state index contributed by atoms with van der Waals surface area (Å²) in [4.78, 5) is 34.9. The van der Waals surface area contributed by atoms with E-state index >= 15 is 0 Å². The maximum absolute atomic E-state index is 13.3. The largest absolute Gasteiger partial charge is 0.505 e. The van der Waals surface area contributed by atoms with Crippen LogP contribution in [0, 0.1) is 13.8 Å². The molecule has 2 aromatic heterocycles. The molecule has 3 aromatic rings. The number of aryl methyl sites for hydroxylation is 2. The van der Waals surface area contributed by atoms with Gasteiger partial charge in [0.1, 0.15) is 11.3 Å². The second kappa shape index (κ2) is 9.72. The van der Waals surface area contributed by atoms with Crippen molar-refractivity contribution >= 4 is 39.0 Å². The number of rotatable bonds is 7. The molecule has 7 nitrogen and oxygen atoms in total. The SMILES string of the molecule is CCN(CC)CCN1C(=O)C(=O)C(=C(O)c2nc3c(C)cccn3c2C)C1c1ccc(Br)cc1. The van der Waals surface area contributed by atoms with Gasteiger partial charge < -0.3 is 19.3 Å². The molecule has 1 saturated heterocycles. The molecule has 0 bridgehead atoms. The molecule has 3 heterocycles. The van der Waals surface area contributed by atoms with Gasteiger partial charge in [0.15, 0.2) is 5.76 Å². The van der Waals surface area contributed by atoms with Gasteiger partial charge >= 0.3 is 0 Å². The Balaban J connectivity index is 1.87. The number of carbonyl (C=O) groups excluding carboxylic acids is 2. The van der Waals surface area contributed by atoms with E-state index in [4.69, 9.17) is 0 Å². The first-order valence-electron chi connectivity index (χ1n) is 11.5. The standard InChI is InChI=1S/C26H29BrN4O3/c1-5-29(6-2)14-15-31-22(18-9-11-19(27)12-10-18)20(24(33)26(31)34)23(32)21-17(4)30-13-7-8-16(3)25(30)28-21/h7-13,22,32H,5-6,14-15H2,1-4H3. The van der Waals surface area contributed by atoms with E-state index in [0.717, 1.165) is 28.7 Å². The van der Waals surface area contributed by atoms with Crippen LogP contribution >= 0.6 is 15.9 Å². The molecule has 1 aliphatic rings. The predicted octanol–water partition coefficient (Wildman–Crippen LogP) is 4.48. The molecular formula is C26H29BrN4O3. The number of halogens is 1. The second-order valence-electron chi connectivity index (χ2n) is 8.50. The fourth-order valence-electron chi connectivity index (χ4n) is 4.57. The molecule has 4 rings (SSSR count). The summed E-state index contributed by atoms with van der Waals surface area (Å²) in [5, 5.41) is 11.4. The van der Waals surface area contributed by atoms with Crippen LogP contribution in [0.2, 0.25) is 0 Å². The normalized spacial score (nSPS) is 17.9. The summed E-state index contributed by atoms with van der Waals surface area (Å²) in [6, 6.07) is 10.7. The Bertz CT molecular complexity index is 1280. The van der Waals surface area contributed by atoms with E-state index in [1.54, 1.807) is 4.90 Å². The van der Waals surface area contributed by atoms with Crippen LogP contribution < -0.4 is 0 Å². The number of aliphatic hydroxyl groups excluding tert-OH is 1. The Morgan fingerprint density at radius 1 is 1.12 bits per heavy atom. The minimum absolute atomic E-state index is 0.0797. The first kappa shape index (κ1) is 24.2. The lowest BCUT2D eigenvalue weighted by Crippen LogP contribution is -2.38. The van der Waals surface area contributed by atoms with Crippen LogP contribution in [-0.2, 0) is 9.59 Å². The van der Waals surface area contributed by atoms with Crippen LogP contribution in [-0.4, -0.2) is 62.2 Å². The van der Waals surface area contributed by atoms with Gasteiger partial charge in [-0.1, -0.05) is 48.0 Å². The van der Waals surface area contributed by atoms with E-state index < -0.39 is 17.7 Å². The number of hydrogen-bond acceptors (Lipinski definition) is 5. The van der Waals surface area contributed by atoms with E-state index in [0.29, 0.717) is 30.1 Å². The highest BCUT2D eigenvalue weighted by Crippen LogP contribution is 2.40. The lowest BCUT2D eigenvalue weighted by Gasteiger charge is -2.28. The van der Waals surface area contributed by atoms with Crippen LogP contribution in [0.3, 0.4) is 0 Å². The van der Waals surface area contributed by atoms with Crippen molar-refractivity contribution in [2.24, 2.45) is 0 Å². The molecule has 1 aromatic carbocycles. The van der Waals surface area contributed by atoms with Crippen molar-refractivity contribution in [3.63, 3.8) is 0 Å². The second-order valence-corrected chi connectivity index (χ2v) is 9.42. The van der Waals surface area contributed by atoms with Crippen LogP contribution in [0.25, 0.3) is 11.4 Å². The van der Waals surface area contributed by atoms with Crippen LogP contribution in [0.15, 0.2) is 52.6 Å². The summed E-state index contributed by atoms with van der Waals surface area (Å²) in [6.45, 7) is 10.6. The smallest absolute Gasteiger partial charge is 0.295 e. The van der Waals surface area contributed by atoms with Gasteiger partial charge in [-0.3, -0.25) is 9.59 Å². The van der Waals surface area contributed by atoms with Gasteiger partial charge in [0.05, 0.1) is 17.3 Å². The lowest BCUT2D eigenvalue weighted by atomic mass is 9.96. The van der Waals surface area contributed by atoms with E-state index in [1.807, 2.05) is 60.8 Å². The summed E-state index contributed by atoms with van der Waals surface area (Å²) in [5.74, 6) is -1.52. The highest BCUT2D eigenvalue weighted by molar-refractivity contribution is 9.10. The van der Waals surface area contributed by atoms with Crippen LogP contribution in [0.1, 0.15) is 42.4 Å². The van der Waals surface area contributed by atoms with Gasteiger partial charge in [0, 0.05) is 23.8 Å². The molecule has 8 heteroatoms. The minimum Gasteiger partial charge on any atom is -0.505 e. The van der Waals surface area contributed by atoms with Gasteiger partial charge in [-0.2, -0.15) is 0 Å². The third kappa shape index (κ3) is 4.16. The number of aromatic nitrogens is 2. The predicted molar refractivity (Wildman–Crippen MR) is 136 cm³/mol. The Morgan fingerprint density at radius 3 is 2.41 bits per heavy atom. The number of imidazole rings is 1. The monoisotopic (exact) mass is 524 g/mol. The van der Waals surface area contributed by atoms with Crippen molar-refractivity contribution in [1.82, 2.24) is 19.2 Å². The number of Topliss-reactive ketones (excluding diaryl/α,β-unsaturated/α-hetero) is 1. The van der Waals surface area contributed by atoms with Crippen molar-refractivity contribution < 1.29 is 14.7 Å². The first-order chi connectivity index (χ1) is 16.3. The number of likely N-dealkylation sites (N-methyl/N-ethyl adjacent to an activating group) is 1. The Hall–Kier alpha value is -2.97. The zero-order chi connectivity index (χ0) is 24.6. The van der Waals surface area contributed by atoms with Gasteiger partial charge in [0.2, 0.25) is 0 Å². The van der Waals surface area contributed by atoms with Crippen molar-refractivity contribution in [3.05, 3.63) is 75.2 Å². The fourth-order valence-corrected chi connectivity index (χ4v) is 4.83. The lowest BCUT2D eigenvalue weighted by molar-refractivity contribution is -0.140. The third-order valence-corrected chi connectivity index (χ3v) is 7.11. The van der Waals surface area contributed by atoms with Gasteiger partial charge in [-0.15, -0.1) is 0 Å². The fraction of sp³-hybridized carbons (Fsp3) is 0.346. The number of nitrogens with zero attached hydrogens (tertiary/aromatic N) is 4. The number of likely N-dealkylation sites (tertiary alicyclic amines) is 1. The highest BCUT2D eigenvalue weighted by atomic mass is 79.9. The summed E-state index contributed by atoms with van der Waals surface area (Å²) in [5.41, 5.74) is 3.53. The van der Waals surface area contributed by atoms with Crippen molar-refractivity contribution in [2.45, 2.75) is 33.7 Å². The van der Waals surface area contributed by atoms with Crippen molar-refractivity contribution in [2.75, 3.05) is 26.2 Å². The molecule has 1 N–H and O–H groups in total. The number of ketones is 1. The molecule has 178 valence electrons.